The zero-order chi connectivity index (χ0) is 15.1. The summed E-state index contributed by atoms with van der Waals surface area (Å²) in [5.74, 6) is 0.647. The molecule has 0 atom stereocenters. The van der Waals surface area contributed by atoms with Crippen molar-refractivity contribution in [1.82, 2.24) is 0 Å². The first-order valence-corrected chi connectivity index (χ1v) is 6.32. The predicted molar refractivity (Wildman–Crippen MR) is 85.9 cm³/mol. The fourth-order valence-corrected chi connectivity index (χ4v) is 1.69. The lowest BCUT2D eigenvalue weighted by Crippen LogP contribution is -1.77. The van der Waals surface area contributed by atoms with Crippen molar-refractivity contribution in [2.75, 3.05) is 0 Å². The van der Waals surface area contributed by atoms with E-state index in [1.807, 2.05) is 32.0 Å². The molecule has 2 nitrogen and oxygen atoms in total. The van der Waals surface area contributed by atoms with Crippen molar-refractivity contribution in [1.29, 1.82) is 0 Å². The van der Waals surface area contributed by atoms with Crippen molar-refractivity contribution in [2.45, 2.75) is 13.8 Å². The molecule has 0 aliphatic rings. The second-order valence-electron chi connectivity index (χ2n) is 4.50. The number of aromatic hydroxyl groups is 2. The molecule has 0 aliphatic heterocycles. The smallest absolute Gasteiger partial charge is 0.118 e. The summed E-state index contributed by atoms with van der Waals surface area (Å²) in [7, 11) is 0. The molecular formula is C18H20O2. The van der Waals surface area contributed by atoms with Crippen molar-refractivity contribution in [3.63, 3.8) is 0 Å². The van der Waals surface area contributed by atoms with Crippen LogP contribution in [0.25, 0.3) is 12.2 Å². The Hall–Kier alpha value is -2.48. The molecule has 20 heavy (non-hydrogen) atoms. The second-order valence-corrected chi connectivity index (χ2v) is 4.50. The first-order valence-electron chi connectivity index (χ1n) is 6.32. The summed E-state index contributed by atoms with van der Waals surface area (Å²) in [5, 5.41) is 18.1. The number of rotatable bonds is 2. The minimum atomic E-state index is 0.308. The lowest BCUT2D eigenvalue weighted by Gasteiger charge is -1.98. The van der Waals surface area contributed by atoms with Gasteiger partial charge in [0.15, 0.2) is 0 Å². The van der Waals surface area contributed by atoms with E-state index in [0.29, 0.717) is 11.5 Å². The summed E-state index contributed by atoms with van der Waals surface area (Å²) in [6.07, 6.45) is 3.53. The molecule has 2 N–H and O–H groups in total. The van der Waals surface area contributed by atoms with Crippen LogP contribution in [0.5, 0.6) is 11.5 Å². The van der Waals surface area contributed by atoms with E-state index < -0.39 is 0 Å². The van der Waals surface area contributed by atoms with E-state index in [-0.39, 0.29) is 0 Å². The summed E-state index contributed by atoms with van der Waals surface area (Å²) in [5.41, 5.74) is 4.04. The van der Waals surface area contributed by atoms with Crippen LogP contribution in [-0.4, -0.2) is 10.2 Å². The van der Waals surface area contributed by atoms with Crippen molar-refractivity contribution in [3.8, 4) is 11.5 Å². The standard InChI is InChI=1S/2C9H10O/c1-3-8-4-5-9(10)6-7(8)2;1-3-8-4-5-9(10)7(2)6-8/h2*3-6,10H,1H2,2H3. The molecule has 2 rings (SSSR count). The summed E-state index contributed by atoms with van der Waals surface area (Å²) in [4.78, 5) is 0. The van der Waals surface area contributed by atoms with Crippen LogP contribution in [0.1, 0.15) is 22.3 Å². The van der Waals surface area contributed by atoms with Crippen LogP contribution < -0.4 is 0 Å². The maximum atomic E-state index is 9.10. The third kappa shape index (κ3) is 4.32. The van der Waals surface area contributed by atoms with Gasteiger partial charge in [0.2, 0.25) is 0 Å². The van der Waals surface area contributed by atoms with Crippen LogP contribution in [0.15, 0.2) is 49.6 Å². The first-order chi connectivity index (χ1) is 9.47. The Labute approximate surface area is 120 Å². The molecule has 0 saturated heterocycles. The lowest BCUT2D eigenvalue weighted by molar-refractivity contribution is 0.471. The average molecular weight is 268 g/mol. The number of phenols is 2. The van der Waals surface area contributed by atoms with Crippen molar-refractivity contribution in [3.05, 3.63) is 71.8 Å². The van der Waals surface area contributed by atoms with Gasteiger partial charge >= 0.3 is 0 Å². The molecule has 0 radical (unpaired) electrons. The van der Waals surface area contributed by atoms with Crippen LogP contribution in [0.4, 0.5) is 0 Å². The first kappa shape index (κ1) is 15.6. The Bertz CT molecular complexity index is 613. The normalized spacial score (nSPS) is 9.30. The zero-order valence-corrected chi connectivity index (χ0v) is 11.9. The van der Waals surface area contributed by atoms with Gasteiger partial charge in [-0.05, 0) is 60.4 Å². The summed E-state index contributed by atoms with van der Waals surface area (Å²) in [6.45, 7) is 11.1. The third-order valence-corrected chi connectivity index (χ3v) is 2.93. The number of benzene rings is 2. The molecule has 0 fully saturated rings. The van der Waals surface area contributed by atoms with E-state index in [4.69, 9.17) is 10.2 Å². The van der Waals surface area contributed by atoms with Gasteiger partial charge in [-0.25, -0.2) is 0 Å². The van der Waals surface area contributed by atoms with Gasteiger partial charge < -0.3 is 10.2 Å². The summed E-state index contributed by atoms with van der Waals surface area (Å²) < 4.78 is 0. The van der Waals surface area contributed by atoms with Crippen molar-refractivity contribution in [2.24, 2.45) is 0 Å². The number of hydrogen-bond donors (Lipinski definition) is 2. The molecule has 2 aromatic rings. The fourth-order valence-electron chi connectivity index (χ4n) is 1.69. The van der Waals surface area contributed by atoms with E-state index >= 15 is 0 Å². The minimum Gasteiger partial charge on any atom is -0.508 e. The van der Waals surface area contributed by atoms with E-state index in [1.54, 1.807) is 30.4 Å². The van der Waals surface area contributed by atoms with E-state index in [0.717, 1.165) is 22.3 Å². The third-order valence-electron chi connectivity index (χ3n) is 2.93. The van der Waals surface area contributed by atoms with Gasteiger partial charge in [0, 0.05) is 0 Å². The van der Waals surface area contributed by atoms with E-state index in [1.165, 1.54) is 0 Å². The number of phenolic OH excluding ortho intramolecular Hbond substituents is 2. The van der Waals surface area contributed by atoms with Crippen molar-refractivity contribution >= 4 is 12.2 Å². The Morgan fingerprint density at radius 1 is 0.850 bits per heavy atom. The second kappa shape index (κ2) is 7.19. The number of aryl methyl sites for hydroxylation is 2. The highest BCUT2D eigenvalue weighted by Crippen LogP contribution is 2.17. The van der Waals surface area contributed by atoms with Gasteiger partial charge in [-0.3, -0.25) is 0 Å². The van der Waals surface area contributed by atoms with Gasteiger partial charge in [0.05, 0.1) is 0 Å². The maximum Gasteiger partial charge on any atom is 0.118 e. The van der Waals surface area contributed by atoms with Crippen LogP contribution in [0, 0.1) is 13.8 Å². The quantitative estimate of drug-likeness (QED) is 0.829. The fraction of sp³-hybridized carbons (Fsp3) is 0.111. The van der Waals surface area contributed by atoms with Gasteiger partial charge in [0.25, 0.3) is 0 Å². The maximum absolute atomic E-state index is 9.10. The Morgan fingerprint density at radius 3 is 2.05 bits per heavy atom. The van der Waals surface area contributed by atoms with Gasteiger partial charge in [-0.2, -0.15) is 0 Å². The highest BCUT2D eigenvalue weighted by atomic mass is 16.3. The van der Waals surface area contributed by atoms with Crippen LogP contribution in [-0.2, 0) is 0 Å². The average Bonchev–Trinajstić information content (AvgIpc) is 2.43. The predicted octanol–water partition coefficient (Wildman–Crippen LogP) is 4.69. The molecule has 0 spiro atoms. The molecular weight excluding hydrogens is 248 g/mol. The molecule has 0 bridgehead atoms. The van der Waals surface area contributed by atoms with Crippen LogP contribution in [0.2, 0.25) is 0 Å². The van der Waals surface area contributed by atoms with Crippen LogP contribution >= 0.6 is 0 Å². The topological polar surface area (TPSA) is 40.5 Å². The van der Waals surface area contributed by atoms with E-state index in [2.05, 4.69) is 13.2 Å². The summed E-state index contributed by atoms with van der Waals surface area (Å²) in [6, 6.07) is 10.6. The molecule has 2 aromatic carbocycles. The zero-order valence-electron chi connectivity index (χ0n) is 11.9. The van der Waals surface area contributed by atoms with Crippen molar-refractivity contribution < 1.29 is 10.2 Å². The molecule has 0 heterocycles. The highest BCUT2D eigenvalue weighted by molar-refractivity contribution is 5.53. The molecule has 0 aliphatic carbocycles. The SMILES string of the molecule is C=Cc1ccc(O)c(C)c1.C=Cc1ccc(O)cc1C. The Kier molecular flexibility index (Phi) is 5.60. The van der Waals surface area contributed by atoms with Crippen LogP contribution in [0.3, 0.4) is 0 Å². The highest BCUT2D eigenvalue weighted by Gasteiger charge is 1.93. The largest absolute Gasteiger partial charge is 0.508 e. The van der Waals surface area contributed by atoms with Gasteiger partial charge in [0.1, 0.15) is 11.5 Å². The Morgan fingerprint density at radius 2 is 1.55 bits per heavy atom. The summed E-state index contributed by atoms with van der Waals surface area (Å²) >= 11 is 0. The monoisotopic (exact) mass is 268 g/mol. The molecule has 0 aromatic heterocycles. The van der Waals surface area contributed by atoms with Gasteiger partial charge in [-0.1, -0.05) is 37.4 Å². The number of hydrogen-bond acceptors (Lipinski definition) is 2. The molecule has 0 unspecified atom stereocenters. The molecule has 0 saturated carbocycles. The minimum absolute atomic E-state index is 0.308. The Balaban J connectivity index is 0.000000200. The molecule has 2 heteroatoms. The van der Waals surface area contributed by atoms with E-state index in [9.17, 15) is 0 Å². The molecule has 104 valence electrons. The molecule has 0 amide bonds. The van der Waals surface area contributed by atoms with Gasteiger partial charge in [-0.15, -0.1) is 0 Å². The lowest BCUT2D eigenvalue weighted by atomic mass is 10.1.